The van der Waals surface area contributed by atoms with Gasteiger partial charge < -0.3 is 5.11 Å². The molecule has 15 heavy (non-hydrogen) atoms. The number of rotatable bonds is 3. The van der Waals surface area contributed by atoms with Crippen LogP contribution in [-0.4, -0.2) is 16.2 Å². The summed E-state index contributed by atoms with van der Waals surface area (Å²) in [7, 11) is 0. The van der Waals surface area contributed by atoms with Crippen LogP contribution in [0.5, 0.6) is 0 Å². The third kappa shape index (κ3) is 2.34. The molecule has 2 nitrogen and oxygen atoms in total. The molecule has 2 rings (SSSR count). The van der Waals surface area contributed by atoms with E-state index in [2.05, 4.69) is 11.1 Å². The van der Waals surface area contributed by atoms with Crippen LogP contribution in [0.2, 0.25) is 0 Å². The Labute approximate surface area is 89.6 Å². The molecule has 1 aromatic heterocycles. The third-order valence-corrected chi connectivity index (χ3v) is 2.59. The van der Waals surface area contributed by atoms with Crippen LogP contribution in [-0.2, 0) is 6.42 Å². The highest BCUT2D eigenvalue weighted by atomic mass is 16.3. The molecule has 0 amide bonds. The zero-order valence-electron chi connectivity index (χ0n) is 8.85. The molecule has 2 heteroatoms. The maximum Gasteiger partial charge on any atom is 0.0702 e. The van der Waals surface area contributed by atoms with Crippen LogP contribution < -0.4 is 0 Å². The van der Waals surface area contributed by atoms with E-state index in [1.165, 1.54) is 0 Å². The molecule has 2 aromatic rings. The van der Waals surface area contributed by atoms with E-state index in [1.807, 2.05) is 37.4 Å². The number of aromatic nitrogens is 1. The van der Waals surface area contributed by atoms with Crippen molar-refractivity contribution in [3.63, 3.8) is 0 Å². The second-order valence-electron chi connectivity index (χ2n) is 3.80. The number of pyridine rings is 1. The van der Waals surface area contributed by atoms with Gasteiger partial charge in [-0.3, -0.25) is 4.98 Å². The van der Waals surface area contributed by atoms with Crippen molar-refractivity contribution in [3.05, 3.63) is 42.1 Å². The summed E-state index contributed by atoms with van der Waals surface area (Å²) in [4.78, 5) is 4.36. The van der Waals surface area contributed by atoms with Crippen molar-refractivity contribution in [2.75, 3.05) is 0 Å². The second-order valence-corrected chi connectivity index (χ2v) is 3.80. The van der Waals surface area contributed by atoms with Gasteiger partial charge in [0, 0.05) is 11.6 Å². The Bertz CT molecular complexity index is 453. The first kappa shape index (κ1) is 10.1. The topological polar surface area (TPSA) is 33.1 Å². The van der Waals surface area contributed by atoms with Gasteiger partial charge in [-0.2, -0.15) is 0 Å². The van der Waals surface area contributed by atoms with Gasteiger partial charge in [-0.25, -0.2) is 0 Å². The highest BCUT2D eigenvalue weighted by Crippen LogP contribution is 2.14. The van der Waals surface area contributed by atoms with Crippen LogP contribution >= 0.6 is 0 Å². The second kappa shape index (κ2) is 4.41. The number of benzene rings is 1. The van der Waals surface area contributed by atoms with Crippen LogP contribution in [0, 0.1) is 0 Å². The van der Waals surface area contributed by atoms with Gasteiger partial charge >= 0.3 is 0 Å². The summed E-state index contributed by atoms with van der Waals surface area (Å²) in [6.07, 6.45) is 3.07. The molecule has 1 unspecified atom stereocenters. The van der Waals surface area contributed by atoms with E-state index < -0.39 is 0 Å². The van der Waals surface area contributed by atoms with E-state index in [0.717, 1.165) is 22.9 Å². The van der Waals surface area contributed by atoms with Crippen LogP contribution in [0.3, 0.4) is 0 Å². The Morgan fingerprint density at radius 1 is 1.33 bits per heavy atom. The summed E-state index contributed by atoms with van der Waals surface area (Å²) < 4.78 is 0. The molecule has 1 heterocycles. The fourth-order valence-corrected chi connectivity index (χ4v) is 1.64. The lowest BCUT2D eigenvalue weighted by molar-refractivity contribution is 0.171. The average molecular weight is 201 g/mol. The summed E-state index contributed by atoms with van der Waals surface area (Å²) in [5.41, 5.74) is 2.11. The highest BCUT2D eigenvalue weighted by molar-refractivity contribution is 5.78. The average Bonchev–Trinajstić information content (AvgIpc) is 2.29. The molecule has 1 N–H and O–H groups in total. The van der Waals surface area contributed by atoms with E-state index in [1.54, 1.807) is 0 Å². The summed E-state index contributed by atoms with van der Waals surface area (Å²) in [5, 5.41) is 10.7. The molecule has 0 saturated carbocycles. The minimum atomic E-state index is -0.257. The molecule has 0 bridgehead atoms. The maximum absolute atomic E-state index is 9.56. The van der Waals surface area contributed by atoms with Crippen LogP contribution in [0.4, 0.5) is 0 Å². The van der Waals surface area contributed by atoms with Gasteiger partial charge in [0.2, 0.25) is 0 Å². The van der Waals surface area contributed by atoms with Gasteiger partial charge in [0.25, 0.3) is 0 Å². The molecule has 0 saturated heterocycles. The van der Waals surface area contributed by atoms with E-state index in [0.29, 0.717) is 6.42 Å². The minimum absolute atomic E-state index is 0.257. The lowest BCUT2D eigenvalue weighted by atomic mass is 10.1. The zero-order chi connectivity index (χ0) is 10.7. The summed E-state index contributed by atoms with van der Waals surface area (Å²) >= 11 is 0. The fraction of sp³-hybridized carbons (Fsp3) is 0.308. The first-order valence-electron chi connectivity index (χ1n) is 5.31. The molecule has 1 aromatic carbocycles. The number of fused-ring (bicyclic) bond motifs is 1. The van der Waals surface area contributed by atoms with Crippen LogP contribution in [0.25, 0.3) is 10.9 Å². The standard InChI is InChI=1S/C13H15NO/c1-2-12(15)8-10-7-11-5-3-4-6-13(11)14-9-10/h3-7,9,12,15H,2,8H2,1H3. The van der Waals surface area contributed by atoms with Crippen molar-refractivity contribution >= 4 is 10.9 Å². The Morgan fingerprint density at radius 2 is 2.13 bits per heavy atom. The van der Waals surface area contributed by atoms with Gasteiger partial charge in [-0.15, -0.1) is 0 Å². The predicted molar refractivity (Wildman–Crippen MR) is 61.7 cm³/mol. The molecule has 0 aliphatic heterocycles. The molecule has 1 atom stereocenters. The molecule has 0 aliphatic carbocycles. The highest BCUT2D eigenvalue weighted by Gasteiger charge is 2.03. The first-order chi connectivity index (χ1) is 7.29. The summed E-state index contributed by atoms with van der Waals surface area (Å²) in [5.74, 6) is 0. The molecule has 0 fully saturated rings. The van der Waals surface area contributed by atoms with Gasteiger partial charge in [0.05, 0.1) is 11.6 Å². The van der Waals surface area contributed by atoms with Crippen LogP contribution in [0.15, 0.2) is 36.5 Å². The molecule has 0 aliphatic rings. The quantitative estimate of drug-likeness (QED) is 0.827. The fourth-order valence-electron chi connectivity index (χ4n) is 1.64. The largest absolute Gasteiger partial charge is 0.393 e. The van der Waals surface area contributed by atoms with Gasteiger partial charge in [0.1, 0.15) is 0 Å². The van der Waals surface area contributed by atoms with Gasteiger partial charge in [0.15, 0.2) is 0 Å². The van der Waals surface area contributed by atoms with Gasteiger partial charge in [-0.1, -0.05) is 25.1 Å². The smallest absolute Gasteiger partial charge is 0.0702 e. The lowest BCUT2D eigenvalue weighted by Crippen LogP contribution is -2.08. The predicted octanol–water partition coefficient (Wildman–Crippen LogP) is 2.55. The maximum atomic E-state index is 9.56. The molecule has 0 spiro atoms. The summed E-state index contributed by atoms with van der Waals surface area (Å²) in [6.45, 7) is 1.99. The monoisotopic (exact) mass is 201 g/mol. The van der Waals surface area contributed by atoms with E-state index in [9.17, 15) is 5.11 Å². The molecule has 78 valence electrons. The molecule has 0 radical (unpaired) electrons. The number of hydrogen-bond donors (Lipinski definition) is 1. The number of nitrogens with zero attached hydrogens (tertiary/aromatic N) is 1. The zero-order valence-corrected chi connectivity index (χ0v) is 8.85. The van der Waals surface area contributed by atoms with Crippen molar-refractivity contribution in [2.45, 2.75) is 25.9 Å². The van der Waals surface area contributed by atoms with Crippen molar-refractivity contribution in [1.29, 1.82) is 0 Å². The number of aliphatic hydroxyl groups excluding tert-OH is 1. The lowest BCUT2D eigenvalue weighted by Gasteiger charge is -2.07. The Hall–Kier alpha value is -1.41. The minimum Gasteiger partial charge on any atom is -0.393 e. The Balaban J connectivity index is 2.30. The number of hydrogen-bond acceptors (Lipinski definition) is 2. The first-order valence-corrected chi connectivity index (χ1v) is 5.31. The van der Waals surface area contributed by atoms with E-state index >= 15 is 0 Å². The Morgan fingerprint density at radius 3 is 2.93 bits per heavy atom. The SMILES string of the molecule is CCC(O)Cc1cnc2ccccc2c1. The normalized spacial score (nSPS) is 12.9. The summed E-state index contributed by atoms with van der Waals surface area (Å²) in [6, 6.07) is 10.1. The van der Waals surface area contributed by atoms with Crippen molar-refractivity contribution in [3.8, 4) is 0 Å². The third-order valence-electron chi connectivity index (χ3n) is 2.59. The number of aliphatic hydroxyl groups is 1. The van der Waals surface area contributed by atoms with Crippen molar-refractivity contribution in [1.82, 2.24) is 4.98 Å². The number of para-hydroxylation sites is 1. The molecular weight excluding hydrogens is 186 g/mol. The van der Waals surface area contributed by atoms with E-state index in [4.69, 9.17) is 0 Å². The van der Waals surface area contributed by atoms with Crippen molar-refractivity contribution < 1.29 is 5.11 Å². The Kier molecular flexibility index (Phi) is 2.97. The van der Waals surface area contributed by atoms with E-state index in [-0.39, 0.29) is 6.10 Å². The van der Waals surface area contributed by atoms with Crippen molar-refractivity contribution in [2.24, 2.45) is 0 Å². The molecular formula is C13H15NO. The van der Waals surface area contributed by atoms with Gasteiger partial charge in [-0.05, 0) is 30.5 Å². The van der Waals surface area contributed by atoms with Crippen LogP contribution in [0.1, 0.15) is 18.9 Å².